The van der Waals surface area contributed by atoms with Gasteiger partial charge in [-0.1, -0.05) is 23.9 Å². The minimum atomic E-state index is -0.255. The Bertz CT molecular complexity index is 1210. The fourth-order valence-corrected chi connectivity index (χ4v) is 5.23. The van der Waals surface area contributed by atoms with Crippen LogP contribution in [0, 0.1) is 5.82 Å². The highest BCUT2D eigenvalue weighted by Crippen LogP contribution is 2.27. The molecule has 3 aromatic heterocycles. The normalized spacial score (nSPS) is 17.1. The van der Waals surface area contributed by atoms with Crippen LogP contribution < -0.4 is 5.56 Å². The summed E-state index contributed by atoms with van der Waals surface area (Å²) in [5, 5.41) is 11.2. The molecule has 0 bridgehead atoms. The highest BCUT2D eigenvalue weighted by atomic mass is 32.2. The van der Waals surface area contributed by atoms with Gasteiger partial charge in [-0.15, -0.1) is 21.5 Å². The van der Waals surface area contributed by atoms with E-state index in [1.165, 1.54) is 35.2 Å². The van der Waals surface area contributed by atoms with Crippen LogP contribution >= 0.6 is 23.1 Å². The zero-order chi connectivity index (χ0) is 19.1. The molecule has 0 aliphatic carbocycles. The van der Waals surface area contributed by atoms with Crippen LogP contribution in [0.3, 0.4) is 0 Å². The molecular weight excluding hydrogens is 399 g/mol. The molecule has 4 aromatic rings. The van der Waals surface area contributed by atoms with Gasteiger partial charge in [0, 0.05) is 12.4 Å². The fourth-order valence-electron chi connectivity index (χ4n) is 3.52. The molecule has 9 heteroatoms. The molecule has 0 amide bonds. The number of hydrogen-bond acceptors (Lipinski definition) is 6. The Morgan fingerprint density at radius 3 is 3.07 bits per heavy atom. The van der Waals surface area contributed by atoms with E-state index < -0.39 is 0 Å². The second-order valence-corrected chi connectivity index (χ2v) is 8.58. The molecule has 0 unspecified atom stereocenters. The lowest BCUT2D eigenvalue weighted by Gasteiger charge is -2.13. The summed E-state index contributed by atoms with van der Waals surface area (Å²) in [6.07, 6.45) is 1.98. The number of nitrogens with zero attached hydrogens (tertiary/aromatic N) is 4. The van der Waals surface area contributed by atoms with Gasteiger partial charge in [0.1, 0.15) is 10.5 Å². The second-order valence-electron chi connectivity index (χ2n) is 6.72. The molecule has 6 nitrogen and oxygen atoms in total. The van der Waals surface area contributed by atoms with Crippen LogP contribution in [-0.4, -0.2) is 31.9 Å². The van der Waals surface area contributed by atoms with Gasteiger partial charge in [0.2, 0.25) is 5.78 Å². The Morgan fingerprint density at radius 1 is 1.32 bits per heavy atom. The van der Waals surface area contributed by atoms with Gasteiger partial charge in [-0.3, -0.25) is 13.8 Å². The summed E-state index contributed by atoms with van der Waals surface area (Å²) in [4.78, 5) is 13.0. The van der Waals surface area contributed by atoms with Gasteiger partial charge in [0.25, 0.3) is 5.56 Å². The molecule has 28 heavy (non-hydrogen) atoms. The van der Waals surface area contributed by atoms with Crippen molar-refractivity contribution in [2.75, 3.05) is 6.61 Å². The molecule has 0 saturated carbocycles. The van der Waals surface area contributed by atoms with E-state index in [1.807, 2.05) is 21.9 Å². The van der Waals surface area contributed by atoms with Crippen molar-refractivity contribution < 1.29 is 9.13 Å². The molecule has 1 atom stereocenters. The van der Waals surface area contributed by atoms with Crippen molar-refractivity contribution in [2.45, 2.75) is 36.4 Å². The van der Waals surface area contributed by atoms with Gasteiger partial charge >= 0.3 is 0 Å². The summed E-state index contributed by atoms with van der Waals surface area (Å²) in [5.41, 5.74) is 1.62. The number of benzene rings is 1. The van der Waals surface area contributed by atoms with Crippen LogP contribution in [0.2, 0.25) is 0 Å². The Labute approximate surface area is 168 Å². The molecule has 1 aliphatic heterocycles. The van der Waals surface area contributed by atoms with Crippen molar-refractivity contribution >= 4 is 39.1 Å². The lowest BCUT2D eigenvalue weighted by atomic mass is 10.2. The molecule has 144 valence electrons. The van der Waals surface area contributed by atoms with E-state index in [4.69, 9.17) is 4.74 Å². The van der Waals surface area contributed by atoms with Crippen LogP contribution in [0.25, 0.3) is 16.0 Å². The summed E-state index contributed by atoms with van der Waals surface area (Å²) < 4.78 is 23.5. The highest BCUT2D eigenvalue weighted by Gasteiger charge is 2.22. The molecule has 0 radical (unpaired) electrons. The van der Waals surface area contributed by atoms with Crippen LogP contribution in [0.4, 0.5) is 4.39 Å². The van der Waals surface area contributed by atoms with Crippen molar-refractivity contribution in [1.82, 2.24) is 19.2 Å². The standard InChI is InChI=1S/C19H17FN4O2S2/c20-13-4-1-3-12(9-13)11-28-19-22-21-18-23(10-14-5-2-7-26-14)17(25)16-15(24(18)19)6-8-27-16/h1,3-4,6,8-9,14H,2,5,7,10-11H2/t14-/m1/s1. The number of fused-ring (bicyclic) bond motifs is 3. The topological polar surface area (TPSA) is 61.4 Å². The Kier molecular flexibility index (Phi) is 4.65. The van der Waals surface area contributed by atoms with Gasteiger partial charge in [0.05, 0.1) is 18.2 Å². The fraction of sp³-hybridized carbons (Fsp3) is 0.316. The van der Waals surface area contributed by atoms with Crippen LogP contribution in [-0.2, 0) is 17.0 Å². The third-order valence-corrected chi connectivity index (χ3v) is 6.74. The van der Waals surface area contributed by atoms with Crippen molar-refractivity contribution in [1.29, 1.82) is 0 Å². The van der Waals surface area contributed by atoms with E-state index in [2.05, 4.69) is 10.2 Å². The van der Waals surface area contributed by atoms with Gasteiger partial charge in [0.15, 0.2) is 5.16 Å². The molecule has 4 heterocycles. The summed E-state index contributed by atoms with van der Waals surface area (Å²) >= 11 is 2.89. The van der Waals surface area contributed by atoms with E-state index >= 15 is 0 Å². The molecule has 1 aromatic carbocycles. The number of ether oxygens (including phenoxy) is 1. The number of rotatable bonds is 5. The molecule has 5 rings (SSSR count). The summed E-state index contributed by atoms with van der Waals surface area (Å²) in [5.74, 6) is 0.831. The van der Waals surface area contributed by atoms with Crippen LogP contribution in [0.15, 0.2) is 45.7 Å². The summed E-state index contributed by atoms with van der Waals surface area (Å²) in [7, 11) is 0. The van der Waals surface area contributed by atoms with Crippen LogP contribution in [0.1, 0.15) is 18.4 Å². The predicted octanol–water partition coefficient (Wildman–Crippen LogP) is 3.72. The average Bonchev–Trinajstić information content (AvgIpc) is 3.43. The maximum atomic E-state index is 13.5. The highest BCUT2D eigenvalue weighted by molar-refractivity contribution is 7.98. The Morgan fingerprint density at radius 2 is 2.25 bits per heavy atom. The molecule has 0 N–H and O–H groups in total. The van der Waals surface area contributed by atoms with Crippen LogP contribution in [0.5, 0.6) is 0 Å². The zero-order valence-corrected chi connectivity index (χ0v) is 16.5. The lowest BCUT2D eigenvalue weighted by Crippen LogP contribution is -2.28. The van der Waals surface area contributed by atoms with Gasteiger partial charge < -0.3 is 4.74 Å². The molecule has 1 fully saturated rings. The third-order valence-electron chi connectivity index (χ3n) is 4.85. The first-order valence-electron chi connectivity index (χ1n) is 9.05. The van der Waals surface area contributed by atoms with E-state index in [-0.39, 0.29) is 17.5 Å². The first-order valence-corrected chi connectivity index (χ1v) is 10.9. The SMILES string of the molecule is O=c1c2sccc2n2c(SCc3cccc(F)c3)nnc2n1C[C@H]1CCCO1. The lowest BCUT2D eigenvalue weighted by molar-refractivity contribution is 0.0969. The zero-order valence-electron chi connectivity index (χ0n) is 14.9. The second kappa shape index (κ2) is 7.31. The van der Waals surface area contributed by atoms with E-state index in [1.54, 1.807) is 10.6 Å². The quantitative estimate of drug-likeness (QED) is 0.464. The Hall–Kier alpha value is -2.23. The molecule has 0 spiro atoms. The largest absolute Gasteiger partial charge is 0.376 e. The minimum Gasteiger partial charge on any atom is -0.376 e. The summed E-state index contributed by atoms with van der Waals surface area (Å²) in [6.45, 7) is 1.21. The monoisotopic (exact) mass is 416 g/mol. The van der Waals surface area contributed by atoms with E-state index in [9.17, 15) is 9.18 Å². The smallest absolute Gasteiger partial charge is 0.272 e. The number of hydrogen-bond donors (Lipinski definition) is 0. The summed E-state index contributed by atoms with van der Waals surface area (Å²) in [6, 6.07) is 8.44. The molecule has 1 aliphatic rings. The Balaban J connectivity index is 1.57. The molecular formula is C19H17FN4O2S2. The van der Waals surface area contributed by atoms with Gasteiger partial charge in [-0.25, -0.2) is 4.39 Å². The third kappa shape index (κ3) is 3.13. The van der Waals surface area contributed by atoms with Gasteiger partial charge in [-0.2, -0.15) is 0 Å². The van der Waals surface area contributed by atoms with Crippen molar-refractivity contribution in [2.24, 2.45) is 0 Å². The van der Waals surface area contributed by atoms with Crippen molar-refractivity contribution in [3.05, 3.63) is 57.4 Å². The minimum absolute atomic E-state index is 0.0269. The number of aromatic nitrogens is 4. The predicted molar refractivity (Wildman–Crippen MR) is 108 cm³/mol. The average molecular weight is 417 g/mol. The number of thiophene rings is 1. The number of halogens is 1. The van der Waals surface area contributed by atoms with E-state index in [0.717, 1.165) is 30.5 Å². The van der Waals surface area contributed by atoms with Crippen molar-refractivity contribution in [3.8, 4) is 0 Å². The number of thioether (sulfide) groups is 1. The van der Waals surface area contributed by atoms with Crippen molar-refractivity contribution in [3.63, 3.8) is 0 Å². The van der Waals surface area contributed by atoms with E-state index in [0.29, 0.717) is 27.9 Å². The first kappa shape index (κ1) is 17.8. The van der Waals surface area contributed by atoms with Gasteiger partial charge in [-0.05, 0) is 42.0 Å². The maximum absolute atomic E-state index is 13.5. The first-order chi connectivity index (χ1) is 13.7. The molecule has 1 saturated heterocycles. The maximum Gasteiger partial charge on any atom is 0.272 e.